The van der Waals surface area contributed by atoms with Crippen LogP contribution >= 0.6 is 0 Å². The summed E-state index contributed by atoms with van der Waals surface area (Å²) in [6, 6.07) is 6.39. The van der Waals surface area contributed by atoms with Crippen LogP contribution in [0.15, 0.2) is 24.4 Å². The Kier molecular flexibility index (Phi) is 6.50. The van der Waals surface area contributed by atoms with E-state index in [1.54, 1.807) is 6.20 Å². The molecule has 0 radical (unpaired) electrons. The molecule has 0 aliphatic rings. The van der Waals surface area contributed by atoms with E-state index in [2.05, 4.69) is 24.1 Å². The normalized spacial score (nSPS) is 11.1. The SMILES string of the molecule is CC(C)NCCC(=O)N(Cc1ccccn1)C(C)C. The number of rotatable bonds is 7. The summed E-state index contributed by atoms with van der Waals surface area (Å²) in [7, 11) is 0. The summed E-state index contributed by atoms with van der Waals surface area (Å²) in [5, 5.41) is 3.27. The third-order valence-electron chi connectivity index (χ3n) is 2.89. The smallest absolute Gasteiger partial charge is 0.224 e. The standard InChI is InChI=1S/C15H25N3O/c1-12(2)16-10-8-15(19)18(13(3)4)11-14-7-5-6-9-17-14/h5-7,9,12-13,16H,8,10-11H2,1-4H3. The van der Waals surface area contributed by atoms with Gasteiger partial charge in [-0.1, -0.05) is 19.9 Å². The molecule has 0 fully saturated rings. The molecule has 0 aromatic carbocycles. The van der Waals surface area contributed by atoms with E-state index in [1.807, 2.05) is 36.9 Å². The molecule has 0 unspecified atom stereocenters. The second kappa shape index (κ2) is 7.89. The van der Waals surface area contributed by atoms with Crippen molar-refractivity contribution in [1.82, 2.24) is 15.2 Å². The zero-order chi connectivity index (χ0) is 14.3. The number of hydrogen-bond acceptors (Lipinski definition) is 3. The van der Waals surface area contributed by atoms with E-state index < -0.39 is 0 Å². The number of carbonyl (C=O) groups is 1. The third-order valence-corrected chi connectivity index (χ3v) is 2.89. The minimum absolute atomic E-state index is 0.175. The highest BCUT2D eigenvalue weighted by Crippen LogP contribution is 2.07. The summed E-state index contributed by atoms with van der Waals surface area (Å²) >= 11 is 0. The number of carbonyl (C=O) groups excluding carboxylic acids is 1. The molecule has 4 nitrogen and oxygen atoms in total. The highest BCUT2D eigenvalue weighted by molar-refractivity contribution is 5.76. The maximum Gasteiger partial charge on any atom is 0.224 e. The molecule has 0 aliphatic heterocycles. The van der Waals surface area contributed by atoms with Gasteiger partial charge in [0.25, 0.3) is 0 Å². The van der Waals surface area contributed by atoms with Gasteiger partial charge in [-0.15, -0.1) is 0 Å². The fourth-order valence-electron chi connectivity index (χ4n) is 1.84. The molecule has 1 rings (SSSR count). The summed E-state index contributed by atoms with van der Waals surface area (Å²) in [5.74, 6) is 0.175. The second-order valence-electron chi connectivity index (χ2n) is 5.30. The Morgan fingerprint density at radius 3 is 2.58 bits per heavy atom. The van der Waals surface area contributed by atoms with Gasteiger partial charge >= 0.3 is 0 Å². The molecule has 0 aliphatic carbocycles. The number of hydrogen-bond donors (Lipinski definition) is 1. The predicted octanol–water partition coefficient (Wildman–Crippen LogP) is 2.21. The van der Waals surface area contributed by atoms with Gasteiger partial charge in [0.2, 0.25) is 5.91 Å². The van der Waals surface area contributed by atoms with Gasteiger partial charge < -0.3 is 10.2 Å². The van der Waals surface area contributed by atoms with Gasteiger partial charge in [0.05, 0.1) is 12.2 Å². The van der Waals surface area contributed by atoms with Crippen LogP contribution in [0.5, 0.6) is 0 Å². The van der Waals surface area contributed by atoms with E-state index in [1.165, 1.54) is 0 Å². The van der Waals surface area contributed by atoms with Crippen molar-refractivity contribution in [2.24, 2.45) is 0 Å². The number of nitrogens with one attached hydrogen (secondary N) is 1. The molecule has 1 aromatic rings. The Hall–Kier alpha value is -1.42. The van der Waals surface area contributed by atoms with E-state index in [4.69, 9.17) is 0 Å². The average molecular weight is 263 g/mol. The largest absolute Gasteiger partial charge is 0.334 e. The molecule has 0 spiro atoms. The first kappa shape index (κ1) is 15.6. The van der Waals surface area contributed by atoms with Gasteiger partial charge in [0.15, 0.2) is 0 Å². The van der Waals surface area contributed by atoms with Crippen molar-refractivity contribution in [3.8, 4) is 0 Å². The Morgan fingerprint density at radius 2 is 2.05 bits per heavy atom. The van der Waals surface area contributed by atoms with Crippen molar-refractivity contribution in [3.05, 3.63) is 30.1 Å². The van der Waals surface area contributed by atoms with Crippen molar-refractivity contribution in [1.29, 1.82) is 0 Å². The van der Waals surface area contributed by atoms with Crippen LogP contribution in [0, 0.1) is 0 Å². The molecule has 0 saturated heterocycles. The van der Waals surface area contributed by atoms with E-state index in [-0.39, 0.29) is 11.9 Å². The van der Waals surface area contributed by atoms with Gasteiger partial charge in [0, 0.05) is 31.2 Å². The second-order valence-corrected chi connectivity index (χ2v) is 5.30. The minimum Gasteiger partial charge on any atom is -0.334 e. The van der Waals surface area contributed by atoms with Crippen molar-refractivity contribution >= 4 is 5.91 Å². The van der Waals surface area contributed by atoms with Crippen LogP contribution in [-0.2, 0) is 11.3 Å². The number of pyridine rings is 1. The molecule has 0 saturated carbocycles. The summed E-state index contributed by atoms with van der Waals surface area (Å²) in [6.07, 6.45) is 2.29. The topological polar surface area (TPSA) is 45.2 Å². The van der Waals surface area contributed by atoms with E-state index in [0.717, 1.165) is 12.2 Å². The van der Waals surface area contributed by atoms with Gasteiger partial charge in [-0.3, -0.25) is 9.78 Å². The molecular weight excluding hydrogens is 238 g/mol. The zero-order valence-electron chi connectivity index (χ0n) is 12.4. The van der Waals surface area contributed by atoms with Crippen LogP contribution in [-0.4, -0.2) is 34.4 Å². The number of amides is 1. The monoisotopic (exact) mass is 263 g/mol. The summed E-state index contributed by atoms with van der Waals surface area (Å²) in [5.41, 5.74) is 0.932. The zero-order valence-corrected chi connectivity index (χ0v) is 12.4. The molecule has 1 heterocycles. The summed E-state index contributed by atoms with van der Waals surface area (Å²) in [6.45, 7) is 9.55. The average Bonchev–Trinajstić information content (AvgIpc) is 2.36. The van der Waals surface area contributed by atoms with E-state index in [9.17, 15) is 4.79 Å². The van der Waals surface area contributed by atoms with Gasteiger partial charge in [0.1, 0.15) is 0 Å². The van der Waals surface area contributed by atoms with Crippen LogP contribution in [0.25, 0.3) is 0 Å². The quantitative estimate of drug-likeness (QED) is 0.820. The highest BCUT2D eigenvalue weighted by atomic mass is 16.2. The van der Waals surface area contributed by atoms with Crippen molar-refractivity contribution in [2.75, 3.05) is 6.54 Å². The minimum atomic E-state index is 0.175. The van der Waals surface area contributed by atoms with Gasteiger partial charge in [-0.05, 0) is 26.0 Å². The molecule has 0 bridgehead atoms. The van der Waals surface area contributed by atoms with E-state index >= 15 is 0 Å². The van der Waals surface area contributed by atoms with Crippen LogP contribution < -0.4 is 5.32 Å². The Morgan fingerprint density at radius 1 is 1.32 bits per heavy atom. The van der Waals surface area contributed by atoms with Crippen LogP contribution in [0.4, 0.5) is 0 Å². The number of nitrogens with zero attached hydrogens (tertiary/aromatic N) is 2. The lowest BCUT2D eigenvalue weighted by Crippen LogP contribution is -2.38. The third kappa shape index (κ3) is 5.83. The number of aromatic nitrogens is 1. The maximum atomic E-state index is 12.2. The Bertz CT molecular complexity index is 376. The molecular formula is C15H25N3O. The Labute approximate surface area is 116 Å². The van der Waals surface area contributed by atoms with Gasteiger partial charge in [-0.25, -0.2) is 0 Å². The van der Waals surface area contributed by atoms with Crippen molar-refractivity contribution in [2.45, 2.75) is 52.7 Å². The molecule has 0 atom stereocenters. The first-order valence-electron chi connectivity index (χ1n) is 6.93. The molecule has 1 N–H and O–H groups in total. The van der Waals surface area contributed by atoms with Crippen molar-refractivity contribution < 1.29 is 4.79 Å². The lowest BCUT2D eigenvalue weighted by atomic mass is 10.2. The fraction of sp³-hybridized carbons (Fsp3) is 0.600. The fourth-order valence-corrected chi connectivity index (χ4v) is 1.84. The lowest BCUT2D eigenvalue weighted by Gasteiger charge is -2.26. The molecule has 1 aromatic heterocycles. The molecule has 106 valence electrons. The predicted molar refractivity (Wildman–Crippen MR) is 77.7 cm³/mol. The summed E-state index contributed by atoms with van der Waals surface area (Å²) in [4.78, 5) is 18.4. The Balaban J connectivity index is 2.55. The first-order chi connectivity index (χ1) is 9.00. The van der Waals surface area contributed by atoms with Crippen LogP contribution in [0.3, 0.4) is 0 Å². The maximum absolute atomic E-state index is 12.2. The molecule has 1 amide bonds. The van der Waals surface area contributed by atoms with E-state index in [0.29, 0.717) is 19.0 Å². The van der Waals surface area contributed by atoms with Crippen LogP contribution in [0.1, 0.15) is 39.8 Å². The van der Waals surface area contributed by atoms with Crippen molar-refractivity contribution in [3.63, 3.8) is 0 Å². The molecule has 4 heteroatoms. The van der Waals surface area contributed by atoms with Crippen LogP contribution in [0.2, 0.25) is 0 Å². The molecule has 19 heavy (non-hydrogen) atoms. The summed E-state index contributed by atoms with van der Waals surface area (Å²) < 4.78 is 0. The first-order valence-corrected chi connectivity index (χ1v) is 6.93. The lowest BCUT2D eigenvalue weighted by molar-refractivity contribution is -0.133. The highest BCUT2D eigenvalue weighted by Gasteiger charge is 2.17. The van der Waals surface area contributed by atoms with Gasteiger partial charge in [-0.2, -0.15) is 0 Å².